The van der Waals surface area contributed by atoms with Crippen LogP contribution in [0.2, 0.25) is 0 Å². The third-order valence-electron chi connectivity index (χ3n) is 7.21. The zero-order valence-electron chi connectivity index (χ0n) is 20.5. The van der Waals surface area contributed by atoms with E-state index in [0.29, 0.717) is 28.1 Å². The Morgan fingerprint density at radius 2 is 1.78 bits per heavy atom. The van der Waals surface area contributed by atoms with Gasteiger partial charge in [0.05, 0.1) is 12.1 Å². The van der Waals surface area contributed by atoms with Crippen LogP contribution in [0, 0.1) is 0 Å². The zero-order chi connectivity index (χ0) is 25.5. The average molecular weight is 519 g/mol. The Morgan fingerprint density at radius 3 is 2.54 bits per heavy atom. The lowest BCUT2D eigenvalue weighted by Crippen LogP contribution is -2.31. The van der Waals surface area contributed by atoms with Gasteiger partial charge in [0.2, 0.25) is 0 Å². The minimum absolute atomic E-state index is 0.174. The summed E-state index contributed by atoms with van der Waals surface area (Å²) in [6.45, 7) is 2.10. The molecule has 37 heavy (non-hydrogen) atoms. The molecule has 9 nitrogen and oxygen atoms in total. The van der Waals surface area contributed by atoms with E-state index in [1.807, 2.05) is 6.07 Å². The number of nitrogens with one attached hydrogen (secondary N) is 1. The van der Waals surface area contributed by atoms with Crippen molar-refractivity contribution in [3.63, 3.8) is 0 Å². The fourth-order valence-electron chi connectivity index (χ4n) is 5.10. The summed E-state index contributed by atoms with van der Waals surface area (Å²) in [5, 5.41) is 43.4. The van der Waals surface area contributed by atoms with Crippen LogP contribution in [0.5, 0.6) is 0 Å². The zero-order valence-corrected chi connectivity index (χ0v) is 21.3. The number of anilines is 1. The van der Waals surface area contributed by atoms with Crippen LogP contribution in [0.15, 0.2) is 59.8 Å². The standard InChI is InChI=1S/C27H30N6O3S/c1-2-11-37-27-29-25(22-26(30-27)33(32-31-22)20-14-21(34)24(36)23(20)35)28-19-13-18(19)17-10-6-9-16(12-17)15-7-4-3-5-8-15/h3-10,12,18-21,23-24,34-36H,2,11,13-14H2,1H3,(H,28,29,30)/t18?,19?,20-,21+,23+,24-/m1/s1. The molecule has 2 aromatic carbocycles. The predicted molar refractivity (Wildman–Crippen MR) is 142 cm³/mol. The maximum absolute atomic E-state index is 10.5. The Hall–Kier alpha value is -3.05. The summed E-state index contributed by atoms with van der Waals surface area (Å²) in [4.78, 5) is 9.45. The molecule has 192 valence electrons. The molecule has 0 bridgehead atoms. The van der Waals surface area contributed by atoms with Gasteiger partial charge < -0.3 is 20.6 Å². The molecule has 2 aromatic heterocycles. The largest absolute Gasteiger partial charge is 0.390 e. The van der Waals surface area contributed by atoms with Crippen molar-refractivity contribution in [2.24, 2.45) is 0 Å². The minimum Gasteiger partial charge on any atom is -0.390 e. The second-order valence-corrected chi connectivity index (χ2v) is 10.9. The van der Waals surface area contributed by atoms with E-state index in [2.05, 4.69) is 76.1 Å². The van der Waals surface area contributed by atoms with E-state index in [9.17, 15) is 15.3 Å². The topological polar surface area (TPSA) is 129 Å². The lowest BCUT2D eigenvalue weighted by Gasteiger charge is -2.16. The highest BCUT2D eigenvalue weighted by atomic mass is 32.2. The van der Waals surface area contributed by atoms with Gasteiger partial charge in [-0.15, -0.1) is 5.10 Å². The molecule has 2 aliphatic carbocycles. The molecule has 0 saturated heterocycles. The number of fused-ring (bicyclic) bond motifs is 1. The van der Waals surface area contributed by atoms with Crippen LogP contribution in [-0.4, -0.2) is 70.4 Å². The Kier molecular flexibility index (Phi) is 6.58. The highest BCUT2D eigenvalue weighted by Gasteiger charge is 2.44. The van der Waals surface area contributed by atoms with Gasteiger partial charge in [-0.3, -0.25) is 0 Å². The summed E-state index contributed by atoms with van der Waals surface area (Å²) < 4.78 is 1.52. The molecule has 2 saturated carbocycles. The highest BCUT2D eigenvalue weighted by molar-refractivity contribution is 7.99. The van der Waals surface area contributed by atoms with Crippen LogP contribution in [0.4, 0.5) is 5.82 Å². The Balaban J connectivity index is 1.28. The third kappa shape index (κ3) is 4.70. The number of thioether (sulfide) groups is 1. The van der Waals surface area contributed by atoms with E-state index in [-0.39, 0.29) is 12.5 Å². The van der Waals surface area contributed by atoms with Crippen molar-refractivity contribution in [2.75, 3.05) is 11.1 Å². The van der Waals surface area contributed by atoms with Crippen LogP contribution in [0.1, 0.15) is 43.7 Å². The van der Waals surface area contributed by atoms with E-state index in [1.54, 1.807) is 11.8 Å². The number of benzene rings is 2. The maximum Gasteiger partial charge on any atom is 0.191 e. The van der Waals surface area contributed by atoms with Gasteiger partial charge in [-0.05, 0) is 29.5 Å². The number of hydrogen-bond acceptors (Lipinski definition) is 9. The van der Waals surface area contributed by atoms with Crippen LogP contribution >= 0.6 is 11.8 Å². The lowest BCUT2D eigenvalue weighted by molar-refractivity contribution is -0.0253. The normalized spacial score (nSPS) is 27.0. The summed E-state index contributed by atoms with van der Waals surface area (Å²) >= 11 is 1.56. The maximum atomic E-state index is 10.5. The van der Waals surface area contributed by atoms with E-state index in [0.717, 1.165) is 18.6 Å². The summed E-state index contributed by atoms with van der Waals surface area (Å²) in [7, 11) is 0. The molecule has 2 heterocycles. The molecule has 10 heteroatoms. The average Bonchev–Trinajstić information content (AvgIpc) is 3.49. The predicted octanol–water partition coefficient (Wildman–Crippen LogP) is 3.39. The first kappa shape index (κ1) is 24.3. The lowest BCUT2D eigenvalue weighted by atomic mass is 10.0. The molecule has 0 amide bonds. The van der Waals surface area contributed by atoms with Crippen LogP contribution in [0.3, 0.4) is 0 Å². The molecule has 0 aliphatic heterocycles. The van der Waals surface area contributed by atoms with Crippen molar-refractivity contribution in [3.8, 4) is 11.1 Å². The molecule has 2 fully saturated rings. The third-order valence-corrected chi connectivity index (χ3v) is 8.26. The number of aliphatic hydroxyl groups excluding tert-OH is 3. The van der Waals surface area contributed by atoms with Crippen molar-refractivity contribution in [3.05, 3.63) is 60.2 Å². The first-order valence-corrected chi connectivity index (χ1v) is 13.7. The fraction of sp³-hybridized carbons (Fsp3) is 0.407. The van der Waals surface area contributed by atoms with Crippen LogP contribution in [0.25, 0.3) is 22.3 Å². The number of rotatable bonds is 8. The second-order valence-electron chi connectivity index (χ2n) is 9.85. The quantitative estimate of drug-likeness (QED) is 0.205. The van der Waals surface area contributed by atoms with E-state index in [1.165, 1.54) is 21.4 Å². The van der Waals surface area contributed by atoms with Crippen LogP contribution in [-0.2, 0) is 0 Å². The van der Waals surface area contributed by atoms with Crippen molar-refractivity contribution < 1.29 is 15.3 Å². The number of nitrogens with zero attached hydrogens (tertiary/aromatic N) is 5. The molecule has 4 aromatic rings. The van der Waals surface area contributed by atoms with E-state index in [4.69, 9.17) is 4.98 Å². The molecular weight excluding hydrogens is 488 g/mol. The molecule has 4 N–H and O–H groups in total. The van der Waals surface area contributed by atoms with Gasteiger partial charge in [0.25, 0.3) is 0 Å². The van der Waals surface area contributed by atoms with E-state index >= 15 is 0 Å². The van der Waals surface area contributed by atoms with Gasteiger partial charge in [-0.2, -0.15) is 0 Å². The van der Waals surface area contributed by atoms with Crippen molar-refractivity contribution in [1.82, 2.24) is 25.0 Å². The first-order valence-electron chi connectivity index (χ1n) is 12.8. The Morgan fingerprint density at radius 1 is 0.973 bits per heavy atom. The van der Waals surface area contributed by atoms with Gasteiger partial charge in [0.15, 0.2) is 22.1 Å². The van der Waals surface area contributed by atoms with Gasteiger partial charge in [-0.25, -0.2) is 14.6 Å². The summed E-state index contributed by atoms with van der Waals surface area (Å²) in [6, 6.07) is 18.6. The number of aromatic nitrogens is 5. The van der Waals surface area contributed by atoms with Crippen molar-refractivity contribution in [2.45, 2.75) is 67.7 Å². The molecule has 2 unspecified atom stereocenters. The summed E-state index contributed by atoms with van der Waals surface area (Å²) in [5.41, 5.74) is 4.70. The molecule has 2 aliphatic rings. The Bertz CT molecular complexity index is 1400. The van der Waals surface area contributed by atoms with Gasteiger partial charge in [0.1, 0.15) is 12.2 Å². The summed E-state index contributed by atoms with van der Waals surface area (Å²) in [6.07, 6.45) is -1.26. The molecule has 6 atom stereocenters. The molecule has 0 spiro atoms. The summed E-state index contributed by atoms with van der Waals surface area (Å²) in [5.74, 6) is 1.85. The number of aliphatic hydroxyl groups is 3. The highest BCUT2D eigenvalue weighted by Crippen LogP contribution is 2.44. The number of hydrogen-bond donors (Lipinski definition) is 4. The Labute approximate surface area is 219 Å². The van der Waals surface area contributed by atoms with Gasteiger partial charge in [-0.1, -0.05) is 78.5 Å². The van der Waals surface area contributed by atoms with Gasteiger partial charge in [0, 0.05) is 24.1 Å². The SMILES string of the molecule is CCCSc1nc(NC2CC2c2cccc(-c3ccccc3)c2)c2nnn([C@@H]3C[C@H](O)[C@@H](O)[C@H]3O)c2n1. The van der Waals surface area contributed by atoms with Crippen LogP contribution < -0.4 is 5.32 Å². The fourth-order valence-corrected chi connectivity index (χ4v) is 5.79. The van der Waals surface area contributed by atoms with Crippen molar-refractivity contribution >= 4 is 28.7 Å². The van der Waals surface area contributed by atoms with Gasteiger partial charge >= 0.3 is 0 Å². The monoisotopic (exact) mass is 518 g/mol. The molecule has 6 rings (SSSR count). The second kappa shape index (κ2) is 10.0. The minimum atomic E-state index is -1.23. The van der Waals surface area contributed by atoms with E-state index < -0.39 is 24.4 Å². The molecular formula is C27H30N6O3S. The molecule has 0 radical (unpaired) electrons. The van der Waals surface area contributed by atoms with Crippen molar-refractivity contribution in [1.29, 1.82) is 0 Å². The first-order chi connectivity index (χ1) is 18.0. The smallest absolute Gasteiger partial charge is 0.191 e.